The van der Waals surface area contributed by atoms with Crippen LogP contribution in [0.15, 0.2) is 12.3 Å². The third-order valence-electron chi connectivity index (χ3n) is 3.69. The number of hydrogen-bond acceptors (Lipinski definition) is 4. The van der Waals surface area contributed by atoms with Gasteiger partial charge in [0.05, 0.1) is 0 Å². The van der Waals surface area contributed by atoms with E-state index in [9.17, 15) is 0 Å². The second-order valence-corrected chi connectivity index (χ2v) is 5.61. The summed E-state index contributed by atoms with van der Waals surface area (Å²) in [5, 5.41) is 0. The van der Waals surface area contributed by atoms with Gasteiger partial charge in [0.2, 0.25) is 0 Å². The topological polar surface area (TPSA) is 61.0 Å². The molecule has 1 saturated heterocycles. The van der Waals surface area contributed by atoms with Crippen LogP contribution in [0.3, 0.4) is 0 Å². The van der Waals surface area contributed by atoms with Gasteiger partial charge in [-0.2, -0.15) is 0 Å². The summed E-state index contributed by atoms with van der Waals surface area (Å²) in [6.45, 7) is 6.66. The Morgan fingerprint density at radius 3 is 2.78 bits per heavy atom. The van der Waals surface area contributed by atoms with Crippen LogP contribution < -0.4 is 5.73 Å². The van der Waals surface area contributed by atoms with Gasteiger partial charge < -0.3 is 10.5 Å². The molecular weight excluding hydrogens is 226 g/mol. The van der Waals surface area contributed by atoms with Crippen molar-refractivity contribution < 1.29 is 4.74 Å². The van der Waals surface area contributed by atoms with Gasteiger partial charge in [-0.3, -0.25) is 0 Å². The highest BCUT2D eigenvalue weighted by atomic mass is 16.5. The molecule has 0 bridgehead atoms. The van der Waals surface area contributed by atoms with E-state index in [-0.39, 0.29) is 5.41 Å². The lowest BCUT2D eigenvalue weighted by Crippen LogP contribution is -2.25. The molecule has 0 unspecified atom stereocenters. The van der Waals surface area contributed by atoms with Crippen LogP contribution in [-0.4, -0.2) is 29.7 Å². The van der Waals surface area contributed by atoms with Crippen molar-refractivity contribution in [3.05, 3.63) is 23.8 Å². The van der Waals surface area contributed by atoms with Crippen molar-refractivity contribution in [2.75, 3.05) is 19.8 Å². The van der Waals surface area contributed by atoms with E-state index in [0.29, 0.717) is 12.5 Å². The lowest BCUT2D eigenvalue weighted by Gasteiger charge is -2.25. The summed E-state index contributed by atoms with van der Waals surface area (Å²) in [7, 11) is 0. The molecule has 0 amide bonds. The quantitative estimate of drug-likeness (QED) is 0.886. The van der Waals surface area contributed by atoms with E-state index in [1.165, 1.54) is 0 Å². The molecule has 1 aromatic rings. The summed E-state index contributed by atoms with van der Waals surface area (Å²) < 4.78 is 5.40. The molecule has 0 saturated carbocycles. The molecule has 1 aliphatic heterocycles. The molecular formula is C14H23N3O. The fraction of sp³-hybridized carbons (Fsp3) is 0.714. The first-order chi connectivity index (χ1) is 8.63. The molecule has 18 heavy (non-hydrogen) atoms. The van der Waals surface area contributed by atoms with E-state index < -0.39 is 0 Å². The molecule has 1 aromatic heterocycles. The van der Waals surface area contributed by atoms with E-state index in [4.69, 9.17) is 15.5 Å². The second kappa shape index (κ2) is 5.76. The summed E-state index contributed by atoms with van der Waals surface area (Å²) >= 11 is 0. The van der Waals surface area contributed by atoms with Gasteiger partial charge in [0.15, 0.2) is 0 Å². The maximum atomic E-state index is 5.66. The molecule has 1 aliphatic rings. The van der Waals surface area contributed by atoms with Crippen LogP contribution in [0, 0.1) is 0 Å². The maximum Gasteiger partial charge on any atom is 0.134 e. The van der Waals surface area contributed by atoms with Gasteiger partial charge in [-0.1, -0.05) is 13.8 Å². The lowest BCUT2D eigenvalue weighted by molar-refractivity contribution is 0.0844. The third-order valence-corrected chi connectivity index (χ3v) is 3.69. The summed E-state index contributed by atoms with van der Waals surface area (Å²) in [6.07, 6.45) is 4.91. The first kappa shape index (κ1) is 13.4. The van der Waals surface area contributed by atoms with Crippen molar-refractivity contribution in [1.82, 2.24) is 9.97 Å². The fourth-order valence-electron chi connectivity index (χ4n) is 2.39. The Balaban J connectivity index is 2.18. The Hall–Kier alpha value is -1.00. The van der Waals surface area contributed by atoms with E-state index in [0.717, 1.165) is 44.0 Å². The van der Waals surface area contributed by atoms with Crippen LogP contribution in [0.5, 0.6) is 0 Å². The van der Waals surface area contributed by atoms with Gasteiger partial charge >= 0.3 is 0 Å². The Labute approximate surface area is 109 Å². The average Bonchev–Trinajstić information content (AvgIpc) is 2.40. The van der Waals surface area contributed by atoms with E-state index in [1.807, 2.05) is 12.3 Å². The van der Waals surface area contributed by atoms with Crippen LogP contribution in [0.4, 0.5) is 0 Å². The van der Waals surface area contributed by atoms with Crippen LogP contribution in [0.2, 0.25) is 0 Å². The van der Waals surface area contributed by atoms with E-state index >= 15 is 0 Å². The van der Waals surface area contributed by atoms with Gasteiger partial charge in [0.25, 0.3) is 0 Å². The molecule has 4 nitrogen and oxygen atoms in total. The molecule has 4 heteroatoms. The third kappa shape index (κ3) is 3.06. The van der Waals surface area contributed by atoms with Crippen LogP contribution >= 0.6 is 0 Å². The first-order valence-electron chi connectivity index (χ1n) is 6.75. The molecule has 2 N–H and O–H groups in total. The van der Waals surface area contributed by atoms with Gasteiger partial charge in [0.1, 0.15) is 5.82 Å². The fourth-order valence-corrected chi connectivity index (χ4v) is 2.39. The highest BCUT2D eigenvalue weighted by Crippen LogP contribution is 2.28. The largest absolute Gasteiger partial charge is 0.381 e. The van der Waals surface area contributed by atoms with Crippen molar-refractivity contribution in [2.45, 2.75) is 44.4 Å². The zero-order valence-electron chi connectivity index (χ0n) is 11.4. The lowest BCUT2D eigenvalue weighted by atomic mass is 9.87. The summed E-state index contributed by atoms with van der Waals surface area (Å²) in [6, 6.07) is 2.04. The Bertz CT molecular complexity index is 386. The van der Waals surface area contributed by atoms with Crippen molar-refractivity contribution in [3.8, 4) is 0 Å². The maximum absolute atomic E-state index is 5.66. The summed E-state index contributed by atoms with van der Waals surface area (Å²) in [5.74, 6) is 1.44. The minimum absolute atomic E-state index is 0.0457. The Kier molecular flexibility index (Phi) is 4.30. The number of rotatable bonds is 4. The monoisotopic (exact) mass is 249 g/mol. The van der Waals surface area contributed by atoms with Crippen LogP contribution in [0.25, 0.3) is 0 Å². The number of aromatic nitrogens is 2. The number of nitrogens with zero attached hydrogens (tertiary/aromatic N) is 2. The number of ether oxygens (including phenoxy) is 1. The van der Waals surface area contributed by atoms with Crippen molar-refractivity contribution in [1.29, 1.82) is 0 Å². The zero-order valence-corrected chi connectivity index (χ0v) is 11.4. The molecule has 100 valence electrons. The molecule has 1 fully saturated rings. The van der Waals surface area contributed by atoms with Gasteiger partial charge in [-0.25, -0.2) is 9.97 Å². The predicted octanol–water partition coefficient (Wildman–Crippen LogP) is 2.00. The van der Waals surface area contributed by atoms with Crippen molar-refractivity contribution in [2.24, 2.45) is 5.73 Å². The molecule has 0 spiro atoms. The summed E-state index contributed by atoms with van der Waals surface area (Å²) in [5.41, 5.74) is 6.78. The average molecular weight is 249 g/mol. The van der Waals surface area contributed by atoms with Gasteiger partial charge in [-0.05, 0) is 31.9 Å². The molecule has 0 aliphatic carbocycles. The smallest absolute Gasteiger partial charge is 0.134 e. The minimum atomic E-state index is -0.0457. The molecule has 2 heterocycles. The van der Waals surface area contributed by atoms with Crippen LogP contribution in [0.1, 0.15) is 50.5 Å². The van der Waals surface area contributed by atoms with E-state index in [2.05, 4.69) is 18.8 Å². The Morgan fingerprint density at radius 2 is 2.11 bits per heavy atom. The molecule has 0 radical (unpaired) electrons. The number of nitrogens with two attached hydrogens (primary N) is 1. The van der Waals surface area contributed by atoms with Crippen LogP contribution in [-0.2, 0) is 10.2 Å². The van der Waals surface area contributed by atoms with E-state index in [1.54, 1.807) is 0 Å². The molecule has 2 rings (SSSR count). The highest BCUT2D eigenvalue weighted by molar-refractivity contribution is 5.13. The Morgan fingerprint density at radius 1 is 1.39 bits per heavy atom. The first-order valence-corrected chi connectivity index (χ1v) is 6.75. The normalized spacial score (nSPS) is 17.9. The van der Waals surface area contributed by atoms with Gasteiger partial charge in [-0.15, -0.1) is 0 Å². The molecule has 0 atom stereocenters. The summed E-state index contributed by atoms with van der Waals surface area (Å²) in [4.78, 5) is 9.19. The standard InChI is InChI=1S/C14H23N3O/c1-14(2,6-7-15)13-16-8-3-12(17-13)11-4-9-18-10-5-11/h3,8,11H,4-7,9-10,15H2,1-2H3. The number of hydrogen-bond donors (Lipinski definition) is 1. The SMILES string of the molecule is CC(C)(CCN)c1nccc(C2CCOCC2)n1. The minimum Gasteiger partial charge on any atom is -0.381 e. The highest BCUT2D eigenvalue weighted by Gasteiger charge is 2.25. The molecule has 0 aromatic carbocycles. The predicted molar refractivity (Wildman–Crippen MR) is 71.5 cm³/mol. The van der Waals surface area contributed by atoms with Crippen molar-refractivity contribution in [3.63, 3.8) is 0 Å². The van der Waals surface area contributed by atoms with Gasteiger partial charge in [0, 0.05) is 36.4 Å². The zero-order chi connectivity index (χ0) is 13.0. The van der Waals surface area contributed by atoms with Crippen molar-refractivity contribution >= 4 is 0 Å². The second-order valence-electron chi connectivity index (χ2n) is 5.61.